The Balaban J connectivity index is 2.07. The highest BCUT2D eigenvalue weighted by atomic mass is 32.2. The number of rotatable bonds is 6. The number of fused-ring (bicyclic) bond motifs is 1. The van der Waals surface area contributed by atoms with Gasteiger partial charge in [-0.05, 0) is 18.7 Å². The molecule has 0 bridgehead atoms. The summed E-state index contributed by atoms with van der Waals surface area (Å²) in [5.74, 6) is 0. The molecule has 2 aromatic rings. The maximum absolute atomic E-state index is 10.7. The largest absolute Gasteiger partial charge is 0.423 e. The van der Waals surface area contributed by atoms with Gasteiger partial charge in [-0.15, -0.1) is 0 Å². The number of hydrogen-bond acceptors (Lipinski definition) is 6. The lowest BCUT2D eigenvalue weighted by atomic mass is 10.3. The first-order valence-corrected chi connectivity index (χ1v) is 7.20. The van der Waals surface area contributed by atoms with E-state index < -0.39 is 4.92 Å². The van der Waals surface area contributed by atoms with Crippen LogP contribution in [0.2, 0.25) is 0 Å². The van der Waals surface area contributed by atoms with Crippen LogP contribution in [0.4, 0.5) is 11.7 Å². The Bertz CT molecular complexity index is 585. The van der Waals surface area contributed by atoms with Gasteiger partial charge in [0.15, 0.2) is 5.58 Å². The third-order valence-corrected chi connectivity index (χ3v) is 3.85. The lowest BCUT2D eigenvalue weighted by Gasteiger charge is -2.06. The van der Waals surface area contributed by atoms with E-state index >= 15 is 0 Å². The highest BCUT2D eigenvalue weighted by molar-refractivity contribution is 7.99. The van der Waals surface area contributed by atoms with Crippen LogP contribution in [0.1, 0.15) is 13.3 Å². The van der Waals surface area contributed by atoms with E-state index in [1.807, 2.05) is 0 Å². The normalized spacial score (nSPS) is 12.5. The minimum Gasteiger partial charge on any atom is -0.423 e. The highest BCUT2D eigenvalue weighted by Crippen LogP contribution is 2.23. The van der Waals surface area contributed by atoms with Gasteiger partial charge in [0, 0.05) is 17.9 Å². The van der Waals surface area contributed by atoms with Gasteiger partial charge in [-0.3, -0.25) is 10.1 Å². The van der Waals surface area contributed by atoms with Gasteiger partial charge in [0.1, 0.15) is 5.52 Å². The summed E-state index contributed by atoms with van der Waals surface area (Å²) in [7, 11) is 0. The molecule has 0 amide bonds. The average Bonchev–Trinajstić information content (AvgIpc) is 2.79. The molecule has 19 heavy (non-hydrogen) atoms. The number of hydrogen-bond donors (Lipinski definition) is 1. The molecule has 0 aliphatic carbocycles. The molecule has 1 aromatic heterocycles. The van der Waals surface area contributed by atoms with Crippen LogP contribution >= 0.6 is 11.8 Å². The van der Waals surface area contributed by atoms with Crippen LogP contribution in [-0.4, -0.2) is 28.0 Å². The van der Waals surface area contributed by atoms with Crippen LogP contribution in [0, 0.1) is 10.1 Å². The van der Waals surface area contributed by atoms with Crippen molar-refractivity contribution in [2.45, 2.75) is 18.6 Å². The first-order chi connectivity index (χ1) is 9.10. The van der Waals surface area contributed by atoms with Crippen LogP contribution in [0.25, 0.3) is 11.1 Å². The standard InChI is InChI=1S/C12H15N3O3S/c1-8(19-2)5-6-13-12-14-10-4-3-9(15(16)17)7-11(10)18-12/h3-4,7-8H,5-6H2,1-2H3,(H,13,14). The Labute approximate surface area is 114 Å². The van der Waals surface area contributed by atoms with Crippen LogP contribution in [0.5, 0.6) is 0 Å². The zero-order valence-corrected chi connectivity index (χ0v) is 11.6. The molecule has 7 heteroatoms. The predicted molar refractivity (Wildman–Crippen MR) is 76.7 cm³/mol. The average molecular weight is 281 g/mol. The van der Waals surface area contributed by atoms with Crippen molar-refractivity contribution in [2.75, 3.05) is 18.1 Å². The molecule has 0 radical (unpaired) electrons. The molecule has 6 nitrogen and oxygen atoms in total. The molecule has 0 saturated heterocycles. The molecule has 1 N–H and O–H groups in total. The van der Waals surface area contributed by atoms with Crippen molar-refractivity contribution in [2.24, 2.45) is 0 Å². The molecular weight excluding hydrogens is 266 g/mol. The zero-order chi connectivity index (χ0) is 13.8. The maximum atomic E-state index is 10.7. The number of nitro benzene ring substituents is 1. The fourth-order valence-electron chi connectivity index (χ4n) is 1.60. The Morgan fingerprint density at radius 1 is 1.58 bits per heavy atom. The van der Waals surface area contributed by atoms with E-state index in [0.717, 1.165) is 13.0 Å². The second-order valence-corrected chi connectivity index (χ2v) is 5.47. The minimum absolute atomic E-state index is 0.00575. The summed E-state index contributed by atoms with van der Waals surface area (Å²) >= 11 is 1.80. The summed E-state index contributed by atoms with van der Waals surface area (Å²) in [5.41, 5.74) is 1.05. The molecular formula is C12H15N3O3S. The third kappa shape index (κ3) is 3.37. The van der Waals surface area contributed by atoms with Gasteiger partial charge in [0.05, 0.1) is 11.0 Å². The zero-order valence-electron chi connectivity index (χ0n) is 10.8. The van der Waals surface area contributed by atoms with Gasteiger partial charge in [-0.2, -0.15) is 16.7 Å². The molecule has 1 unspecified atom stereocenters. The van der Waals surface area contributed by atoms with E-state index in [9.17, 15) is 10.1 Å². The lowest BCUT2D eigenvalue weighted by Crippen LogP contribution is -2.07. The topological polar surface area (TPSA) is 81.2 Å². The Kier molecular flexibility index (Phi) is 4.26. The van der Waals surface area contributed by atoms with Gasteiger partial charge >= 0.3 is 0 Å². The van der Waals surface area contributed by atoms with E-state index in [0.29, 0.717) is 22.4 Å². The van der Waals surface area contributed by atoms with Crippen LogP contribution in [-0.2, 0) is 0 Å². The van der Waals surface area contributed by atoms with E-state index in [-0.39, 0.29) is 5.69 Å². The van der Waals surface area contributed by atoms with Gasteiger partial charge < -0.3 is 9.73 Å². The van der Waals surface area contributed by atoms with Gasteiger partial charge in [0.2, 0.25) is 0 Å². The molecule has 0 fully saturated rings. The molecule has 0 spiro atoms. The van der Waals surface area contributed by atoms with Crippen molar-refractivity contribution in [1.29, 1.82) is 0 Å². The predicted octanol–water partition coefficient (Wildman–Crippen LogP) is 3.29. The molecule has 0 aliphatic heterocycles. The van der Waals surface area contributed by atoms with Crippen LogP contribution in [0.3, 0.4) is 0 Å². The van der Waals surface area contributed by atoms with Crippen molar-refractivity contribution >= 4 is 34.6 Å². The van der Waals surface area contributed by atoms with Crippen molar-refractivity contribution in [3.05, 3.63) is 28.3 Å². The number of benzene rings is 1. The summed E-state index contributed by atoms with van der Waals surface area (Å²) in [4.78, 5) is 14.4. The first-order valence-electron chi connectivity index (χ1n) is 5.92. The Morgan fingerprint density at radius 2 is 2.37 bits per heavy atom. The first kappa shape index (κ1) is 13.7. The van der Waals surface area contributed by atoms with E-state index in [4.69, 9.17) is 4.42 Å². The third-order valence-electron chi connectivity index (χ3n) is 2.81. The van der Waals surface area contributed by atoms with Crippen LogP contribution < -0.4 is 5.32 Å². The Morgan fingerprint density at radius 3 is 3.05 bits per heavy atom. The van der Waals surface area contributed by atoms with Crippen molar-refractivity contribution < 1.29 is 9.34 Å². The van der Waals surface area contributed by atoms with Gasteiger partial charge in [-0.25, -0.2) is 0 Å². The molecule has 102 valence electrons. The van der Waals surface area contributed by atoms with E-state index in [1.54, 1.807) is 17.8 Å². The van der Waals surface area contributed by atoms with Crippen molar-refractivity contribution in [1.82, 2.24) is 4.98 Å². The number of thioether (sulfide) groups is 1. The fraction of sp³-hybridized carbons (Fsp3) is 0.417. The fourth-order valence-corrected chi connectivity index (χ4v) is 1.96. The van der Waals surface area contributed by atoms with Gasteiger partial charge in [0.25, 0.3) is 11.7 Å². The molecule has 0 aliphatic rings. The summed E-state index contributed by atoms with van der Waals surface area (Å²) < 4.78 is 5.44. The lowest BCUT2D eigenvalue weighted by molar-refractivity contribution is -0.384. The maximum Gasteiger partial charge on any atom is 0.295 e. The summed E-state index contributed by atoms with van der Waals surface area (Å²) in [6.45, 7) is 2.92. The molecule has 1 heterocycles. The minimum atomic E-state index is -0.449. The molecule has 1 atom stereocenters. The summed E-state index contributed by atoms with van der Waals surface area (Å²) in [6, 6.07) is 4.80. The number of oxazole rings is 1. The Hall–Kier alpha value is -1.76. The molecule has 1 aromatic carbocycles. The van der Waals surface area contributed by atoms with Gasteiger partial charge in [-0.1, -0.05) is 6.92 Å². The number of nitrogens with zero attached hydrogens (tertiary/aromatic N) is 2. The van der Waals surface area contributed by atoms with Crippen molar-refractivity contribution in [3.63, 3.8) is 0 Å². The van der Waals surface area contributed by atoms with E-state index in [2.05, 4.69) is 23.5 Å². The number of nitro groups is 1. The highest BCUT2D eigenvalue weighted by Gasteiger charge is 2.11. The number of nitrogens with one attached hydrogen (secondary N) is 1. The second-order valence-electron chi connectivity index (χ2n) is 4.19. The second kappa shape index (κ2) is 5.92. The smallest absolute Gasteiger partial charge is 0.295 e. The van der Waals surface area contributed by atoms with Crippen molar-refractivity contribution in [3.8, 4) is 0 Å². The molecule has 0 saturated carbocycles. The number of non-ortho nitro benzene ring substituents is 1. The summed E-state index contributed by atoms with van der Waals surface area (Å²) in [5, 5.41) is 14.3. The van der Waals surface area contributed by atoms with Crippen LogP contribution in [0.15, 0.2) is 22.6 Å². The quantitative estimate of drug-likeness (QED) is 0.646. The summed E-state index contributed by atoms with van der Waals surface area (Å²) in [6.07, 6.45) is 3.07. The number of aromatic nitrogens is 1. The SMILES string of the molecule is CSC(C)CCNc1nc2ccc([N+](=O)[O-])cc2o1. The molecule has 2 rings (SSSR count). The number of anilines is 1. The van der Waals surface area contributed by atoms with E-state index in [1.165, 1.54) is 12.1 Å². The monoisotopic (exact) mass is 281 g/mol.